The van der Waals surface area contributed by atoms with E-state index < -0.39 is 15.6 Å². The average molecular weight is 599 g/mol. The lowest BCUT2D eigenvalue weighted by atomic mass is 9.83. The van der Waals surface area contributed by atoms with Gasteiger partial charge < -0.3 is 15.7 Å². The highest BCUT2D eigenvalue weighted by atomic mass is 35.5. The van der Waals surface area contributed by atoms with Gasteiger partial charge in [-0.3, -0.25) is 0 Å². The van der Waals surface area contributed by atoms with Gasteiger partial charge in [-0.25, -0.2) is 27.4 Å². The maximum Gasteiger partial charge on any atom is 0.223 e. The number of nitriles is 1. The van der Waals surface area contributed by atoms with E-state index in [0.717, 1.165) is 31.2 Å². The number of benzene rings is 1. The molecule has 3 heterocycles. The van der Waals surface area contributed by atoms with Crippen molar-refractivity contribution in [3.05, 3.63) is 52.9 Å². The molecule has 0 radical (unpaired) electrons. The molecule has 1 aliphatic heterocycles. The number of halogens is 1. The molecule has 0 bridgehead atoms. The summed E-state index contributed by atoms with van der Waals surface area (Å²) in [6, 6.07) is 8.41. The number of piperidine rings is 1. The van der Waals surface area contributed by atoms with Gasteiger partial charge >= 0.3 is 0 Å². The molecule has 13 heteroatoms. The molecule has 0 unspecified atom stereocenters. The second-order valence-corrected chi connectivity index (χ2v) is 13.6. The second kappa shape index (κ2) is 12.0. The molecule has 1 aliphatic carbocycles. The van der Waals surface area contributed by atoms with Crippen LogP contribution < -0.4 is 10.6 Å². The molecular weight excluding hydrogens is 564 g/mol. The van der Waals surface area contributed by atoms with Crippen molar-refractivity contribution in [2.75, 3.05) is 24.7 Å². The fourth-order valence-corrected chi connectivity index (χ4v) is 6.56. The number of hydrogen-bond acceptors (Lipinski definition) is 9. The lowest BCUT2D eigenvalue weighted by Crippen LogP contribution is -2.42. The summed E-state index contributed by atoms with van der Waals surface area (Å²) in [5.41, 5.74) is 2.63. The van der Waals surface area contributed by atoms with Crippen LogP contribution in [0.2, 0.25) is 5.02 Å². The van der Waals surface area contributed by atoms with Crippen LogP contribution in [0.1, 0.15) is 56.6 Å². The fourth-order valence-electron chi connectivity index (χ4n) is 5.40. The topological polar surface area (TPSA) is 149 Å². The first-order chi connectivity index (χ1) is 19.5. The molecule has 2 fully saturated rings. The molecule has 11 nitrogen and oxygen atoms in total. The molecule has 5 rings (SSSR count). The molecule has 2 aliphatic rings. The van der Waals surface area contributed by atoms with Gasteiger partial charge in [0.15, 0.2) is 0 Å². The SMILES string of the molecule is CS(=O)(=O)N1CCC(Nc2ncc(C#N)c(-c3cnn(-c4ccc(CN[C@H]5CC[C@](C)(O)CC5)cc4Cl)c3)n2)CC1. The van der Waals surface area contributed by atoms with Gasteiger partial charge in [-0.15, -0.1) is 0 Å². The first-order valence-electron chi connectivity index (χ1n) is 13.8. The van der Waals surface area contributed by atoms with Crippen LogP contribution in [-0.2, 0) is 16.6 Å². The van der Waals surface area contributed by atoms with Crippen molar-refractivity contribution in [2.45, 2.75) is 69.7 Å². The number of anilines is 1. The minimum atomic E-state index is -3.20. The largest absolute Gasteiger partial charge is 0.390 e. The van der Waals surface area contributed by atoms with Crippen molar-refractivity contribution in [3.8, 4) is 23.0 Å². The lowest BCUT2D eigenvalue weighted by Gasteiger charge is -2.33. The Morgan fingerprint density at radius 1 is 1.17 bits per heavy atom. The van der Waals surface area contributed by atoms with Crippen LogP contribution in [0.5, 0.6) is 0 Å². The van der Waals surface area contributed by atoms with Gasteiger partial charge in [-0.2, -0.15) is 10.4 Å². The third-order valence-electron chi connectivity index (χ3n) is 7.94. The molecule has 218 valence electrons. The molecule has 0 amide bonds. The van der Waals surface area contributed by atoms with Crippen LogP contribution in [0.15, 0.2) is 36.8 Å². The highest BCUT2D eigenvalue weighted by Crippen LogP contribution is 2.29. The van der Waals surface area contributed by atoms with E-state index in [-0.39, 0.29) is 6.04 Å². The van der Waals surface area contributed by atoms with Crippen LogP contribution in [0.25, 0.3) is 16.9 Å². The summed E-state index contributed by atoms with van der Waals surface area (Å²) in [5, 5.41) is 31.7. The van der Waals surface area contributed by atoms with Gasteiger partial charge in [0.2, 0.25) is 16.0 Å². The summed E-state index contributed by atoms with van der Waals surface area (Å²) in [7, 11) is -3.20. The van der Waals surface area contributed by atoms with Gasteiger partial charge in [0.05, 0.1) is 46.2 Å². The van der Waals surface area contributed by atoms with E-state index in [4.69, 9.17) is 11.6 Å². The molecule has 1 saturated carbocycles. The number of aliphatic hydroxyl groups is 1. The first-order valence-corrected chi connectivity index (χ1v) is 16.0. The molecule has 3 aromatic rings. The standard InChI is InChI=1S/C28H35ClN8O3S/c1-28(38)9-5-22(6-10-28)31-15-19-3-4-25(24(29)13-19)37-18-21(17-33-37)26-20(14-30)16-32-27(35-26)34-23-7-11-36(12-8-23)41(2,39)40/h3-4,13,16-18,22-23,31,38H,5-12,15H2,1-2H3,(H,32,34,35)/t22-,28-. The van der Waals surface area contributed by atoms with Crippen LogP contribution >= 0.6 is 11.6 Å². The van der Waals surface area contributed by atoms with Gasteiger partial charge in [-0.1, -0.05) is 17.7 Å². The predicted octanol–water partition coefficient (Wildman–Crippen LogP) is 3.47. The molecule has 1 saturated heterocycles. The second-order valence-electron chi connectivity index (χ2n) is 11.3. The van der Waals surface area contributed by atoms with E-state index in [1.54, 1.807) is 17.1 Å². The van der Waals surface area contributed by atoms with E-state index in [2.05, 4.69) is 31.8 Å². The summed E-state index contributed by atoms with van der Waals surface area (Å²) in [4.78, 5) is 8.91. The lowest BCUT2D eigenvalue weighted by molar-refractivity contribution is 0.0140. The number of sulfonamides is 1. The summed E-state index contributed by atoms with van der Waals surface area (Å²) < 4.78 is 26.7. The molecular formula is C28H35ClN8O3S. The molecule has 0 spiro atoms. The van der Waals surface area contributed by atoms with Crippen molar-refractivity contribution in [1.29, 1.82) is 5.26 Å². The minimum absolute atomic E-state index is 0.0244. The smallest absolute Gasteiger partial charge is 0.223 e. The Kier molecular flexibility index (Phi) is 8.63. The van der Waals surface area contributed by atoms with Crippen molar-refractivity contribution < 1.29 is 13.5 Å². The average Bonchev–Trinajstić information content (AvgIpc) is 3.42. The quantitative estimate of drug-likeness (QED) is 0.354. The van der Waals surface area contributed by atoms with Gasteiger partial charge in [0.25, 0.3) is 0 Å². The predicted molar refractivity (Wildman–Crippen MR) is 157 cm³/mol. The van der Waals surface area contributed by atoms with Crippen LogP contribution in [0, 0.1) is 11.3 Å². The summed E-state index contributed by atoms with van der Waals surface area (Å²) in [6.45, 7) is 3.46. The van der Waals surface area contributed by atoms with E-state index in [0.29, 0.717) is 72.0 Å². The van der Waals surface area contributed by atoms with Crippen LogP contribution in [-0.4, -0.2) is 74.6 Å². The number of rotatable bonds is 8. The first kappa shape index (κ1) is 29.4. The Morgan fingerprint density at radius 3 is 2.56 bits per heavy atom. The van der Waals surface area contributed by atoms with Crippen molar-refractivity contribution in [1.82, 2.24) is 29.4 Å². The summed E-state index contributed by atoms with van der Waals surface area (Å²) in [5.74, 6) is 0.376. The highest BCUT2D eigenvalue weighted by molar-refractivity contribution is 7.88. The third kappa shape index (κ3) is 7.23. The van der Waals surface area contributed by atoms with E-state index in [1.807, 2.05) is 25.1 Å². The van der Waals surface area contributed by atoms with Gasteiger partial charge in [0, 0.05) is 43.5 Å². The van der Waals surface area contributed by atoms with Crippen molar-refractivity contribution in [2.24, 2.45) is 0 Å². The van der Waals surface area contributed by atoms with Crippen LogP contribution in [0.4, 0.5) is 5.95 Å². The molecule has 3 N–H and O–H groups in total. The number of hydrogen-bond donors (Lipinski definition) is 3. The Balaban J connectivity index is 1.26. The number of aromatic nitrogens is 4. The molecule has 1 aromatic carbocycles. The normalized spacial score (nSPS) is 22.4. The Hall–Kier alpha value is -3.08. The molecule has 0 atom stereocenters. The van der Waals surface area contributed by atoms with E-state index in [1.165, 1.54) is 16.8 Å². The zero-order valence-corrected chi connectivity index (χ0v) is 24.8. The Morgan fingerprint density at radius 2 is 1.90 bits per heavy atom. The Labute approximate surface area is 245 Å². The number of nitrogens with zero attached hydrogens (tertiary/aromatic N) is 6. The Bertz CT molecular complexity index is 1530. The molecule has 41 heavy (non-hydrogen) atoms. The van der Waals surface area contributed by atoms with E-state index >= 15 is 0 Å². The van der Waals surface area contributed by atoms with Gasteiger partial charge in [-0.05, 0) is 63.1 Å². The summed E-state index contributed by atoms with van der Waals surface area (Å²) in [6.07, 6.45) is 10.9. The maximum absolute atomic E-state index is 11.8. The minimum Gasteiger partial charge on any atom is -0.390 e. The van der Waals surface area contributed by atoms with Crippen molar-refractivity contribution in [3.63, 3.8) is 0 Å². The van der Waals surface area contributed by atoms with E-state index in [9.17, 15) is 18.8 Å². The van der Waals surface area contributed by atoms with Gasteiger partial charge in [0.1, 0.15) is 6.07 Å². The highest BCUT2D eigenvalue weighted by Gasteiger charge is 2.28. The zero-order chi connectivity index (χ0) is 29.2. The van der Waals surface area contributed by atoms with Crippen molar-refractivity contribution >= 4 is 27.6 Å². The molecule has 2 aromatic heterocycles. The summed E-state index contributed by atoms with van der Waals surface area (Å²) >= 11 is 6.66. The zero-order valence-electron chi connectivity index (χ0n) is 23.2. The van der Waals surface area contributed by atoms with Crippen LogP contribution in [0.3, 0.4) is 0 Å². The third-order valence-corrected chi connectivity index (χ3v) is 9.54. The fraction of sp³-hybridized carbons (Fsp3) is 0.500. The maximum atomic E-state index is 11.8. The monoisotopic (exact) mass is 598 g/mol. The number of nitrogens with one attached hydrogen (secondary N) is 2.